The van der Waals surface area contributed by atoms with E-state index in [2.05, 4.69) is 42.2 Å². The van der Waals surface area contributed by atoms with E-state index in [1.54, 1.807) is 0 Å². The van der Waals surface area contributed by atoms with Crippen LogP contribution in [0.25, 0.3) is 6.08 Å². The van der Waals surface area contributed by atoms with Crippen LogP contribution in [-0.2, 0) is 0 Å². The van der Waals surface area contributed by atoms with Gasteiger partial charge in [-0.15, -0.1) is 0 Å². The molecule has 92 valence electrons. The molecular weight excluding hydrogens is 210 g/mol. The van der Waals surface area contributed by atoms with Crippen LogP contribution in [0, 0.1) is 5.92 Å². The van der Waals surface area contributed by atoms with Gasteiger partial charge in [-0.2, -0.15) is 0 Å². The SMILES string of the molecule is C/C(=C\c1ccccc1)CN1CC(CCO)C1. The molecule has 0 atom stereocenters. The van der Waals surface area contributed by atoms with Crippen molar-refractivity contribution in [2.24, 2.45) is 5.92 Å². The Hall–Kier alpha value is -1.12. The molecule has 2 nitrogen and oxygen atoms in total. The average molecular weight is 231 g/mol. The van der Waals surface area contributed by atoms with Gasteiger partial charge < -0.3 is 5.11 Å². The zero-order chi connectivity index (χ0) is 12.1. The van der Waals surface area contributed by atoms with Crippen LogP contribution < -0.4 is 0 Å². The van der Waals surface area contributed by atoms with Crippen molar-refractivity contribution in [3.8, 4) is 0 Å². The summed E-state index contributed by atoms with van der Waals surface area (Å²) >= 11 is 0. The molecule has 0 aliphatic carbocycles. The topological polar surface area (TPSA) is 23.5 Å². The normalized spacial score (nSPS) is 18.1. The molecule has 2 heteroatoms. The number of aliphatic hydroxyl groups is 1. The van der Waals surface area contributed by atoms with Crippen molar-refractivity contribution in [2.75, 3.05) is 26.2 Å². The first-order valence-electron chi connectivity index (χ1n) is 6.33. The van der Waals surface area contributed by atoms with Crippen molar-refractivity contribution in [2.45, 2.75) is 13.3 Å². The first-order valence-corrected chi connectivity index (χ1v) is 6.33. The van der Waals surface area contributed by atoms with E-state index in [-0.39, 0.29) is 0 Å². The maximum atomic E-state index is 8.83. The van der Waals surface area contributed by atoms with Crippen molar-refractivity contribution in [3.05, 3.63) is 41.5 Å². The van der Waals surface area contributed by atoms with Gasteiger partial charge in [-0.3, -0.25) is 4.90 Å². The highest BCUT2D eigenvalue weighted by Crippen LogP contribution is 2.20. The lowest BCUT2D eigenvalue weighted by Crippen LogP contribution is -2.47. The molecule has 0 saturated carbocycles. The van der Waals surface area contributed by atoms with Gasteiger partial charge in [-0.25, -0.2) is 0 Å². The number of nitrogens with zero attached hydrogens (tertiary/aromatic N) is 1. The van der Waals surface area contributed by atoms with Crippen molar-refractivity contribution in [1.29, 1.82) is 0 Å². The van der Waals surface area contributed by atoms with Gasteiger partial charge in [0.1, 0.15) is 0 Å². The molecule has 1 aliphatic rings. The van der Waals surface area contributed by atoms with Crippen LogP contribution in [0.2, 0.25) is 0 Å². The molecule has 0 bridgehead atoms. The number of hydrogen-bond donors (Lipinski definition) is 1. The molecule has 0 spiro atoms. The van der Waals surface area contributed by atoms with Crippen LogP contribution in [-0.4, -0.2) is 36.2 Å². The lowest BCUT2D eigenvalue weighted by Gasteiger charge is -2.39. The van der Waals surface area contributed by atoms with E-state index in [0.717, 1.165) is 26.1 Å². The number of hydrogen-bond acceptors (Lipinski definition) is 2. The molecule has 1 aromatic carbocycles. The first kappa shape index (κ1) is 12.3. The Morgan fingerprint density at radius 3 is 2.71 bits per heavy atom. The standard InChI is InChI=1S/C15H21NO/c1-13(9-14-5-3-2-4-6-14)10-16-11-15(12-16)7-8-17/h2-6,9,15,17H,7-8,10-12H2,1H3/b13-9+. The average Bonchev–Trinajstić information content (AvgIpc) is 2.27. The lowest BCUT2D eigenvalue weighted by molar-refractivity contribution is 0.0890. The van der Waals surface area contributed by atoms with Crippen molar-refractivity contribution in [1.82, 2.24) is 4.90 Å². The van der Waals surface area contributed by atoms with E-state index in [1.165, 1.54) is 11.1 Å². The summed E-state index contributed by atoms with van der Waals surface area (Å²) in [5, 5.41) is 8.83. The van der Waals surface area contributed by atoms with Crippen molar-refractivity contribution < 1.29 is 5.11 Å². The van der Waals surface area contributed by atoms with Gasteiger partial charge in [0.05, 0.1) is 0 Å². The van der Waals surface area contributed by atoms with E-state index >= 15 is 0 Å². The van der Waals surface area contributed by atoms with Crippen LogP contribution in [0.5, 0.6) is 0 Å². The Balaban J connectivity index is 1.79. The third-order valence-corrected chi connectivity index (χ3v) is 3.26. The second kappa shape index (κ2) is 5.99. The van der Waals surface area contributed by atoms with Gasteiger partial charge in [-0.05, 0) is 24.8 Å². The predicted molar refractivity (Wildman–Crippen MR) is 71.7 cm³/mol. The minimum absolute atomic E-state index is 0.331. The fourth-order valence-electron chi connectivity index (χ4n) is 2.40. The quantitative estimate of drug-likeness (QED) is 0.841. The number of likely N-dealkylation sites (tertiary alicyclic amines) is 1. The molecule has 0 amide bonds. The van der Waals surface area contributed by atoms with Gasteiger partial charge in [-0.1, -0.05) is 42.0 Å². The van der Waals surface area contributed by atoms with E-state index < -0.39 is 0 Å². The van der Waals surface area contributed by atoms with Crippen molar-refractivity contribution >= 4 is 6.08 Å². The summed E-state index contributed by atoms with van der Waals surface area (Å²) in [5.41, 5.74) is 2.68. The number of rotatable bonds is 5. The summed E-state index contributed by atoms with van der Waals surface area (Å²) in [4.78, 5) is 2.44. The maximum absolute atomic E-state index is 8.83. The fourth-order valence-corrected chi connectivity index (χ4v) is 2.40. The van der Waals surface area contributed by atoms with Crippen molar-refractivity contribution in [3.63, 3.8) is 0 Å². The Morgan fingerprint density at radius 2 is 2.06 bits per heavy atom. The minimum Gasteiger partial charge on any atom is -0.396 e. The summed E-state index contributed by atoms with van der Waals surface area (Å²) in [6.07, 6.45) is 3.21. The number of benzene rings is 1. The van der Waals surface area contributed by atoms with Crippen LogP contribution in [0.4, 0.5) is 0 Å². The first-order chi connectivity index (χ1) is 8.28. The minimum atomic E-state index is 0.331. The summed E-state index contributed by atoms with van der Waals surface area (Å²) in [7, 11) is 0. The molecule has 1 saturated heterocycles. The van der Waals surface area contributed by atoms with Crippen LogP contribution >= 0.6 is 0 Å². The fraction of sp³-hybridized carbons (Fsp3) is 0.467. The lowest BCUT2D eigenvalue weighted by atomic mass is 9.96. The summed E-state index contributed by atoms with van der Waals surface area (Å²) < 4.78 is 0. The zero-order valence-electron chi connectivity index (χ0n) is 10.5. The predicted octanol–water partition coefficient (Wildman–Crippen LogP) is 2.40. The smallest absolute Gasteiger partial charge is 0.0434 e. The molecule has 1 fully saturated rings. The van der Waals surface area contributed by atoms with Crippen LogP contribution in [0.15, 0.2) is 35.9 Å². The highest BCUT2D eigenvalue weighted by atomic mass is 16.3. The second-order valence-corrected chi connectivity index (χ2v) is 4.97. The molecule has 1 aromatic rings. The molecule has 0 aromatic heterocycles. The second-order valence-electron chi connectivity index (χ2n) is 4.97. The Kier molecular flexibility index (Phi) is 4.35. The molecule has 1 aliphatic heterocycles. The largest absolute Gasteiger partial charge is 0.396 e. The monoisotopic (exact) mass is 231 g/mol. The Morgan fingerprint density at radius 1 is 1.35 bits per heavy atom. The Bertz CT molecular complexity index is 366. The van der Waals surface area contributed by atoms with Crippen LogP contribution in [0.1, 0.15) is 18.9 Å². The van der Waals surface area contributed by atoms with Gasteiger partial charge >= 0.3 is 0 Å². The van der Waals surface area contributed by atoms with Gasteiger partial charge in [0.25, 0.3) is 0 Å². The van der Waals surface area contributed by atoms with E-state index in [1.807, 2.05) is 6.07 Å². The highest BCUT2D eigenvalue weighted by molar-refractivity contribution is 5.52. The molecule has 1 N–H and O–H groups in total. The maximum Gasteiger partial charge on any atom is 0.0434 e. The third kappa shape index (κ3) is 3.69. The Labute approximate surface area is 104 Å². The molecule has 2 rings (SSSR count). The molecule has 1 heterocycles. The zero-order valence-corrected chi connectivity index (χ0v) is 10.5. The molecule has 0 unspecified atom stereocenters. The third-order valence-electron chi connectivity index (χ3n) is 3.26. The number of aliphatic hydroxyl groups excluding tert-OH is 1. The molecule has 17 heavy (non-hydrogen) atoms. The summed E-state index contributed by atoms with van der Waals surface area (Å²) in [6, 6.07) is 10.4. The van der Waals surface area contributed by atoms with Gasteiger partial charge in [0, 0.05) is 26.2 Å². The van der Waals surface area contributed by atoms with Gasteiger partial charge in [0.15, 0.2) is 0 Å². The summed E-state index contributed by atoms with van der Waals surface area (Å²) in [6.45, 7) is 5.85. The van der Waals surface area contributed by atoms with E-state index in [0.29, 0.717) is 12.5 Å². The van der Waals surface area contributed by atoms with E-state index in [9.17, 15) is 0 Å². The van der Waals surface area contributed by atoms with Gasteiger partial charge in [0.2, 0.25) is 0 Å². The van der Waals surface area contributed by atoms with E-state index in [4.69, 9.17) is 5.11 Å². The van der Waals surface area contributed by atoms with Crippen LogP contribution in [0.3, 0.4) is 0 Å². The summed E-state index contributed by atoms with van der Waals surface area (Å²) in [5.74, 6) is 0.713. The molecule has 0 radical (unpaired) electrons. The highest BCUT2D eigenvalue weighted by Gasteiger charge is 2.25. The molecular formula is C15H21NO.